The number of anilines is 1. The van der Waals surface area contributed by atoms with Crippen LogP contribution in [0.2, 0.25) is 0 Å². The minimum Gasteiger partial charge on any atom is -0.334 e. The largest absolute Gasteiger partial charge is 0.334 e. The van der Waals surface area contributed by atoms with E-state index in [1.807, 2.05) is 0 Å². The van der Waals surface area contributed by atoms with Gasteiger partial charge in [-0.1, -0.05) is 189 Å². The van der Waals surface area contributed by atoms with Crippen molar-refractivity contribution in [1.29, 1.82) is 0 Å². The van der Waals surface area contributed by atoms with Crippen molar-refractivity contribution < 1.29 is 0 Å². The molecule has 0 aromatic heterocycles. The van der Waals surface area contributed by atoms with Crippen LogP contribution in [0.3, 0.4) is 0 Å². The monoisotopic (exact) mass is 715 g/mol. The molecule has 0 N–H and O–H groups in total. The minimum atomic E-state index is 0.158. The van der Waals surface area contributed by atoms with E-state index in [-0.39, 0.29) is 6.04 Å². The Morgan fingerprint density at radius 2 is 0.929 bits per heavy atom. The third-order valence-corrected chi connectivity index (χ3v) is 11.6. The van der Waals surface area contributed by atoms with E-state index >= 15 is 0 Å². The van der Waals surface area contributed by atoms with Crippen molar-refractivity contribution in [3.8, 4) is 33.4 Å². The molecule has 1 heteroatoms. The molecule has 0 amide bonds. The van der Waals surface area contributed by atoms with Gasteiger partial charge in [0.05, 0.1) is 6.04 Å². The van der Waals surface area contributed by atoms with Gasteiger partial charge in [-0.05, 0) is 118 Å². The summed E-state index contributed by atoms with van der Waals surface area (Å²) in [5.41, 5.74) is 10.6. The summed E-state index contributed by atoms with van der Waals surface area (Å²) in [5, 5.41) is 9.99. The average molecular weight is 716 g/mol. The Labute approximate surface area is 328 Å². The standard InChI is InChI=1S/C55H41N/c1-37-14-6-13-23-53(37)56(38(2)39-15-4-3-5-16-39)48-31-28-42(29-32-48)45-30-33-51-52(36-45)55(47-27-25-41-18-8-10-20-44(41)35-47)50-22-12-11-21-49(50)54(51)46-26-24-40-17-7-9-19-43(40)34-46/h3-37,53H,2H2,1H3. The fourth-order valence-corrected chi connectivity index (χ4v) is 8.79. The van der Waals surface area contributed by atoms with Crippen LogP contribution in [0.25, 0.3) is 82.2 Å². The van der Waals surface area contributed by atoms with E-state index in [4.69, 9.17) is 0 Å². The van der Waals surface area contributed by atoms with E-state index in [0.29, 0.717) is 5.92 Å². The second-order valence-corrected chi connectivity index (χ2v) is 15.0. The number of benzene rings is 9. The highest BCUT2D eigenvalue weighted by molar-refractivity contribution is 6.22. The Balaban J connectivity index is 1.16. The van der Waals surface area contributed by atoms with Crippen molar-refractivity contribution in [2.75, 3.05) is 4.90 Å². The van der Waals surface area contributed by atoms with Crippen molar-refractivity contribution in [3.05, 3.63) is 218 Å². The Kier molecular flexibility index (Phi) is 8.42. The lowest BCUT2D eigenvalue weighted by molar-refractivity contribution is 0.612. The van der Waals surface area contributed by atoms with Gasteiger partial charge in [0.2, 0.25) is 0 Å². The van der Waals surface area contributed by atoms with Gasteiger partial charge in [0, 0.05) is 11.4 Å². The van der Waals surface area contributed by atoms with Gasteiger partial charge in [0.15, 0.2) is 0 Å². The summed E-state index contributed by atoms with van der Waals surface area (Å²) >= 11 is 0. The number of hydrogen-bond donors (Lipinski definition) is 0. The zero-order valence-corrected chi connectivity index (χ0v) is 31.4. The summed E-state index contributed by atoms with van der Waals surface area (Å²) < 4.78 is 0. The molecular formula is C55H41N. The van der Waals surface area contributed by atoms with Crippen molar-refractivity contribution in [2.45, 2.75) is 13.0 Å². The molecule has 56 heavy (non-hydrogen) atoms. The minimum absolute atomic E-state index is 0.158. The van der Waals surface area contributed by atoms with Crippen LogP contribution in [0.4, 0.5) is 5.69 Å². The molecule has 0 aliphatic heterocycles. The molecule has 1 aliphatic rings. The lowest BCUT2D eigenvalue weighted by atomic mass is 9.84. The summed E-state index contributed by atoms with van der Waals surface area (Å²) in [6, 6.07) is 66.9. The fraction of sp³-hybridized carbons (Fsp3) is 0.0545. The summed E-state index contributed by atoms with van der Waals surface area (Å²) in [6.45, 7) is 6.91. The Morgan fingerprint density at radius 3 is 1.55 bits per heavy atom. The molecule has 0 bridgehead atoms. The smallest absolute Gasteiger partial charge is 0.0585 e. The van der Waals surface area contributed by atoms with Crippen molar-refractivity contribution in [1.82, 2.24) is 0 Å². The van der Waals surface area contributed by atoms with Crippen molar-refractivity contribution in [2.24, 2.45) is 5.92 Å². The van der Waals surface area contributed by atoms with Crippen LogP contribution in [-0.4, -0.2) is 6.04 Å². The van der Waals surface area contributed by atoms with Gasteiger partial charge in [-0.2, -0.15) is 0 Å². The van der Waals surface area contributed by atoms with Gasteiger partial charge in [-0.15, -0.1) is 0 Å². The topological polar surface area (TPSA) is 3.24 Å². The number of nitrogens with zero attached hydrogens (tertiary/aromatic N) is 1. The van der Waals surface area contributed by atoms with Crippen LogP contribution in [0, 0.1) is 5.92 Å². The second-order valence-electron chi connectivity index (χ2n) is 15.0. The molecule has 2 unspecified atom stereocenters. The zero-order chi connectivity index (χ0) is 37.6. The summed E-state index contributed by atoms with van der Waals surface area (Å²) in [7, 11) is 0. The molecule has 0 radical (unpaired) electrons. The number of allylic oxidation sites excluding steroid dienone is 2. The SMILES string of the molecule is C=C(c1ccccc1)N(c1ccc(-c2ccc3c(-c4ccc5ccccc5c4)c4ccccc4c(-c4ccc5ccccc5c4)c3c2)cc1)C1C=CC=CC1C. The first kappa shape index (κ1) is 33.6. The molecule has 0 spiro atoms. The highest BCUT2D eigenvalue weighted by atomic mass is 15.2. The summed E-state index contributed by atoms with van der Waals surface area (Å²) in [6.07, 6.45) is 8.88. The maximum atomic E-state index is 4.63. The van der Waals surface area contributed by atoms with Gasteiger partial charge in [-0.3, -0.25) is 0 Å². The third-order valence-electron chi connectivity index (χ3n) is 11.6. The van der Waals surface area contributed by atoms with Crippen molar-refractivity contribution >= 4 is 54.5 Å². The molecule has 2 atom stereocenters. The molecule has 1 nitrogen and oxygen atoms in total. The number of hydrogen-bond acceptors (Lipinski definition) is 1. The van der Waals surface area contributed by atoms with Crippen LogP contribution in [0.5, 0.6) is 0 Å². The lowest BCUT2D eigenvalue weighted by Gasteiger charge is -2.37. The predicted molar refractivity (Wildman–Crippen MR) is 242 cm³/mol. The maximum Gasteiger partial charge on any atom is 0.0585 e. The molecule has 0 fully saturated rings. The highest BCUT2D eigenvalue weighted by Crippen LogP contribution is 2.46. The first-order valence-electron chi connectivity index (χ1n) is 19.6. The normalized spacial score (nSPS) is 15.2. The third kappa shape index (κ3) is 5.90. The summed E-state index contributed by atoms with van der Waals surface area (Å²) in [4.78, 5) is 2.39. The van der Waals surface area contributed by atoms with E-state index in [1.165, 1.54) is 76.5 Å². The van der Waals surface area contributed by atoms with E-state index in [2.05, 4.69) is 225 Å². The number of rotatable bonds is 7. The Hall–Kier alpha value is -6.96. The maximum absolute atomic E-state index is 4.63. The van der Waals surface area contributed by atoms with E-state index in [1.54, 1.807) is 0 Å². The van der Waals surface area contributed by atoms with Crippen LogP contribution in [0.15, 0.2) is 213 Å². The molecule has 9 aromatic carbocycles. The van der Waals surface area contributed by atoms with Gasteiger partial charge in [-0.25, -0.2) is 0 Å². The molecule has 10 rings (SSSR count). The average Bonchev–Trinajstić information content (AvgIpc) is 3.26. The molecule has 1 aliphatic carbocycles. The van der Waals surface area contributed by atoms with Gasteiger partial charge >= 0.3 is 0 Å². The quantitative estimate of drug-likeness (QED) is 0.149. The van der Waals surface area contributed by atoms with E-state index in [9.17, 15) is 0 Å². The lowest BCUT2D eigenvalue weighted by Crippen LogP contribution is -2.37. The highest BCUT2D eigenvalue weighted by Gasteiger charge is 2.26. The predicted octanol–water partition coefficient (Wildman–Crippen LogP) is 14.9. The number of fused-ring (bicyclic) bond motifs is 4. The molecule has 0 saturated heterocycles. The van der Waals surface area contributed by atoms with Crippen LogP contribution >= 0.6 is 0 Å². The zero-order valence-electron chi connectivity index (χ0n) is 31.4. The first-order valence-corrected chi connectivity index (χ1v) is 19.6. The molecular weight excluding hydrogens is 675 g/mol. The van der Waals surface area contributed by atoms with Crippen LogP contribution in [0.1, 0.15) is 12.5 Å². The van der Waals surface area contributed by atoms with Gasteiger partial charge in [0.25, 0.3) is 0 Å². The first-order chi connectivity index (χ1) is 27.6. The Morgan fingerprint density at radius 1 is 0.429 bits per heavy atom. The molecule has 9 aromatic rings. The molecule has 266 valence electrons. The van der Waals surface area contributed by atoms with Crippen LogP contribution in [-0.2, 0) is 0 Å². The van der Waals surface area contributed by atoms with Gasteiger partial charge < -0.3 is 4.90 Å². The second kappa shape index (κ2) is 14.0. The Bertz CT molecular complexity index is 3000. The van der Waals surface area contributed by atoms with E-state index < -0.39 is 0 Å². The molecule has 0 heterocycles. The molecule has 0 saturated carbocycles. The summed E-state index contributed by atoms with van der Waals surface area (Å²) in [5.74, 6) is 0.334. The van der Waals surface area contributed by atoms with Crippen LogP contribution < -0.4 is 4.90 Å². The van der Waals surface area contributed by atoms with E-state index in [0.717, 1.165) is 16.9 Å². The van der Waals surface area contributed by atoms with Gasteiger partial charge in [0.1, 0.15) is 0 Å². The van der Waals surface area contributed by atoms with Crippen molar-refractivity contribution in [3.63, 3.8) is 0 Å². The fourth-order valence-electron chi connectivity index (χ4n) is 8.79.